The Balaban J connectivity index is 3.04. The zero-order valence-corrected chi connectivity index (χ0v) is 8.88. The van der Waals surface area contributed by atoms with Gasteiger partial charge in [0.05, 0.1) is 0 Å². The fourth-order valence-electron chi connectivity index (χ4n) is 0.899. The first-order chi connectivity index (χ1) is 4.56. The zero-order chi connectivity index (χ0) is 8.04. The van der Waals surface area contributed by atoms with Crippen LogP contribution in [0.2, 0.25) is 19.1 Å². The van der Waals surface area contributed by atoms with Gasteiger partial charge in [0.25, 0.3) is 0 Å². The van der Waals surface area contributed by atoms with Crippen LogP contribution in [0.5, 0.6) is 0 Å². The van der Waals surface area contributed by atoms with E-state index in [4.69, 9.17) is 11.1 Å². The average Bonchev–Trinajstić information content (AvgIpc) is 1.78. The molecule has 0 rings (SSSR count). The topological polar surface area (TPSA) is 0 Å². The van der Waals surface area contributed by atoms with Gasteiger partial charge in [0.2, 0.25) is 0 Å². The van der Waals surface area contributed by atoms with E-state index in [-0.39, 0.29) is 0 Å². The molecule has 0 unspecified atom stereocenters. The van der Waals surface area contributed by atoms with E-state index in [1.165, 1.54) is 25.3 Å². The van der Waals surface area contributed by atoms with Gasteiger partial charge in [-0.3, -0.25) is 0 Å². The highest BCUT2D eigenvalue weighted by Gasteiger charge is 2.14. The molecule has 2 heteroatoms. The zero-order valence-electron chi connectivity index (χ0n) is 7.12. The second-order valence-corrected chi connectivity index (χ2v) is 10.4. The molecular weight excluding hydrogens is 160 g/mol. The van der Waals surface area contributed by atoms with Crippen molar-refractivity contribution in [1.29, 1.82) is 0 Å². The van der Waals surface area contributed by atoms with Gasteiger partial charge >= 0.3 is 0 Å². The molecule has 0 fully saturated rings. The van der Waals surface area contributed by atoms with Crippen molar-refractivity contribution in [1.82, 2.24) is 0 Å². The lowest BCUT2D eigenvalue weighted by Crippen LogP contribution is -2.14. The predicted octanol–water partition coefficient (Wildman–Crippen LogP) is 3.82. The van der Waals surface area contributed by atoms with Gasteiger partial charge in [-0.05, 0) is 6.04 Å². The molecule has 0 amide bonds. The van der Waals surface area contributed by atoms with Gasteiger partial charge in [-0.25, -0.2) is 0 Å². The van der Waals surface area contributed by atoms with Crippen LogP contribution in [0.3, 0.4) is 0 Å². The molecule has 10 heavy (non-hydrogen) atoms. The minimum Gasteiger partial charge on any atom is -0.168 e. The summed E-state index contributed by atoms with van der Waals surface area (Å²) < 4.78 is 0. The summed E-state index contributed by atoms with van der Waals surface area (Å²) in [5.74, 6) is 0. The number of hydrogen-bond acceptors (Lipinski definition) is 0. The van der Waals surface area contributed by atoms with Gasteiger partial charge < -0.3 is 0 Å². The molecular formula is C8H18ClSi. The van der Waals surface area contributed by atoms with Crippen LogP contribution in [0, 0.1) is 6.92 Å². The van der Waals surface area contributed by atoms with E-state index in [1.807, 2.05) is 0 Å². The molecule has 0 aliphatic heterocycles. The van der Waals surface area contributed by atoms with Crippen LogP contribution in [0.25, 0.3) is 0 Å². The third-order valence-corrected chi connectivity index (χ3v) is 3.63. The maximum absolute atomic E-state index is 6.14. The fourth-order valence-corrected chi connectivity index (χ4v) is 2.39. The Kier molecular flexibility index (Phi) is 5.46. The Labute approximate surface area is 70.7 Å². The van der Waals surface area contributed by atoms with Crippen molar-refractivity contribution >= 4 is 18.5 Å². The normalized spacial score (nSPS) is 12.0. The van der Waals surface area contributed by atoms with E-state index in [0.717, 1.165) is 6.42 Å². The fraction of sp³-hybridized carbons (Fsp3) is 0.875. The predicted molar refractivity (Wildman–Crippen MR) is 52.0 cm³/mol. The van der Waals surface area contributed by atoms with Crippen LogP contribution in [-0.2, 0) is 0 Å². The van der Waals surface area contributed by atoms with Crippen LogP contribution < -0.4 is 0 Å². The monoisotopic (exact) mass is 177 g/mol. The van der Waals surface area contributed by atoms with Crippen molar-refractivity contribution in [2.24, 2.45) is 0 Å². The number of halogens is 1. The molecule has 0 aromatic rings. The molecule has 0 saturated heterocycles. The molecule has 0 heterocycles. The summed E-state index contributed by atoms with van der Waals surface area (Å²) in [6.07, 6.45) is 4.95. The second kappa shape index (κ2) is 5.20. The molecule has 0 nitrogen and oxygen atoms in total. The van der Waals surface area contributed by atoms with Crippen molar-refractivity contribution in [3.05, 3.63) is 6.92 Å². The molecule has 0 bridgehead atoms. The Morgan fingerprint density at radius 1 is 1.20 bits per heavy atom. The number of hydrogen-bond donors (Lipinski definition) is 0. The van der Waals surface area contributed by atoms with E-state index < -0.39 is 7.38 Å². The van der Waals surface area contributed by atoms with Crippen LogP contribution in [0.1, 0.15) is 25.7 Å². The average molecular weight is 178 g/mol. The van der Waals surface area contributed by atoms with Gasteiger partial charge in [-0.15, -0.1) is 0 Å². The summed E-state index contributed by atoms with van der Waals surface area (Å²) in [6.45, 7) is 8.21. The van der Waals surface area contributed by atoms with Gasteiger partial charge in [-0.2, -0.15) is 11.1 Å². The van der Waals surface area contributed by atoms with E-state index in [2.05, 4.69) is 20.0 Å². The summed E-state index contributed by atoms with van der Waals surface area (Å²) in [7, 11) is -1.26. The molecule has 1 radical (unpaired) electrons. The molecule has 0 spiro atoms. The molecule has 0 N–H and O–H groups in total. The van der Waals surface area contributed by atoms with E-state index in [9.17, 15) is 0 Å². The van der Waals surface area contributed by atoms with Crippen molar-refractivity contribution < 1.29 is 0 Å². The largest absolute Gasteiger partial charge is 0.168 e. The summed E-state index contributed by atoms with van der Waals surface area (Å²) in [5.41, 5.74) is 0. The highest BCUT2D eigenvalue weighted by atomic mass is 35.6. The van der Waals surface area contributed by atoms with Crippen molar-refractivity contribution in [2.75, 3.05) is 0 Å². The Hall–Kier alpha value is 0.507. The standard InChI is InChI=1S/C8H18ClSi/c1-4-5-6-7-8-10(2,3)9/h1,4-8H2,2-3H3. The van der Waals surface area contributed by atoms with Crippen molar-refractivity contribution in [2.45, 2.75) is 44.8 Å². The summed E-state index contributed by atoms with van der Waals surface area (Å²) in [4.78, 5) is 0. The Morgan fingerprint density at radius 2 is 1.80 bits per heavy atom. The molecule has 0 atom stereocenters. The first-order valence-corrected chi connectivity index (χ1v) is 8.26. The lowest BCUT2D eigenvalue weighted by Gasteiger charge is -2.11. The minimum atomic E-state index is -1.26. The molecule has 0 aromatic carbocycles. The summed E-state index contributed by atoms with van der Waals surface area (Å²) in [5, 5.41) is 0. The number of rotatable bonds is 5. The van der Waals surface area contributed by atoms with Crippen LogP contribution in [-0.4, -0.2) is 7.38 Å². The first-order valence-electron chi connectivity index (χ1n) is 4.04. The summed E-state index contributed by atoms with van der Waals surface area (Å²) in [6, 6.07) is 1.26. The quantitative estimate of drug-likeness (QED) is 0.340. The lowest BCUT2D eigenvalue weighted by molar-refractivity contribution is 0.723. The first kappa shape index (κ1) is 10.5. The van der Waals surface area contributed by atoms with Crippen molar-refractivity contribution in [3.63, 3.8) is 0 Å². The smallest absolute Gasteiger partial charge is 0.150 e. The second-order valence-electron chi connectivity index (χ2n) is 3.38. The molecule has 61 valence electrons. The van der Waals surface area contributed by atoms with Crippen LogP contribution >= 0.6 is 11.1 Å². The van der Waals surface area contributed by atoms with Crippen LogP contribution in [0.4, 0.5) is 0 Å². The van der Waals surface area contributed by atoms with E-state index in [1.54, 1.807) is 0 Å². The molecule has 0 aliphatic rings. The summed E-state index contributed by atoms with van der Waals surface area (Å²) >= 11 is 6.14. The Morgan fingerprint density at radius 3 is 2.20 bits per heavy atom. The molecule has 0 saturated carbocycles. The van der Waals surface area contributed by atoms with E-state index in [0.29, 0.717) is 0 Å². The maximum atomic E-state index is 6.14. The SMILES string of the molecule is [CH2]CCCCC[Si](C)(C)Cl. The Bertz CT molecular complexity index is 75.8. The highest BCUT2D eigenvalue weighted by molar-refractivity contribution is 7.19. The van der Waals surface area contributed by atoms with Gasteiger partial charge in [0, 0.05) is 0 Å². The van der Waals surface area contributed by atoms with E-state index >= 15 is 0 Å². The minimum absolute atomic E-state index is 1.07. The third-order valence-electron chi connectivity index (χ3n) is 1.52. The lowest BCUT2D eigenvalue weighted by atomic mass is 10.2. The maximum Gasteiger partial charge on any atom is 0.150 e. The molecule has 0 aromatic heterocycles. The van der Waals surface area contributed by atoms with Crippen molar-refractivity contribution in [3.8, 4) is 0 Å². The highest BCUT2D eigenvalue weighted by Crippen LogP contribution is 2.18. The third kappa shape index (κ3) is 8.51. The van der Waals surface area contributed by atoms with Gasteiger partial charge in [0.15, 0.2) is 0 Å². The molecule has 0 aliphatic carbocycles. The van der Waals surface area contributed by atoms with Crippen LogP contribution in [0.15, 0.2) is 0 Å². The van der Waals surface area contributed by atoms with Gasteiger partial charge in [-0.1, -0.05) is 45.7 Å². The number of unbranched alkanes of at least 4 members (excludes halogenated alkanes) is 3. The van der Waals surface area contributed by atoms with Gasteiger partial charge in [0.1, 0.15) is 7.38 Å².